The van der Waals surface area contributed by atoms with E-state index < -0.39 is 0 Å². The van der Waals surface area contributed by atoms with E-state index in [2.05, 4.69) is 31.8 Å². The first-order chi connectivity index (χ1) is 5.11. The molecule has 0 bridgehead atoms. The Morgan fingerprint density at radius 2 is 2.45 bits per heavy atom. The molecule has 0 aliphatic carbocycles. The maximum atomic E-state index is 5.57. The second-order valence-corrected chi connectivity index (χ2v) is 3.27. The zero-order valence-corrected chi connectivity index (χ0v) is 7.22. The Hall–Kier alpha value is -0.760. The van der Waals surface area contributed by atoms with Gasteiger partial charge >= 0.3 is 0 Å². The molecule has 2 unspecified atom stereocenters. The summed E-state index contributed by atoms with van der Waals surface area (Å²) in [4.78, 5) is 0. The van der Waals surface area contributed by atoms with Crippen molar-refractivity contribution in [1.82, 2.24) is 5.32 Å². The second-order valence-electron chi connectivity index (χ2n) is 3.27. The summed E-state index contributed by atoms with van der Waals surface area (Å²) in [6.07, 6.45) is 2.15. The SMILES string of the molecule is C=C(N)C1C=C(C)C(C)CN1. The number of hydrogen-bond acceptors (Lipinski definition) is 2. The average Bonchev–Trinajstić information content (AvgIpc) is 1.94. The van der Waals surface area contributed by atoms with Crippen LogP contribution in [0.25, 0.3) is 0 Å². The first-order valence-electron chi connectivity index (χ1n) is 3.97. The van der Waals surface area contributed by atoms with E-state index in [0.29, 0.717) is 11.6 Å². The zero-order valence-electron chi connectivity index (χ0n) is 7.22. The van der Waals surface area contributed by atoms with E-state index in [1.807, 2.05) is 0 Å². The Morgan fingerprint density at radius 3 is 2.91 bits per heavy atom. The van der Waals surface area contributed by atoms with Crippen LogP contribution in [0.3, 0.4) is 0 Å². The van der Waals surface area contributed by atoms with Gasteiger partial charge in [-0.05, 0) is 12.8 Å². The van der Waals surface area contributed by atoms with Crippen LogP contribution in [-0.4, -0.2) is 12.6 Å². The maximum absolute atomic E-state index is 5.57. The predicted molar refractivity (Wildman–Crippen MR) is 48.0 cm³/mol. The van der Waals surface area contributed by atoms with Crippen molar-refractivity contribution in [2.75, 3.05) is 6.54 Å². The lowest BCUT2D eigenvalue weighted by Gasteiger charge is -2.25. The van der Waals surface area contributed by atoms with Crippen molar-refractivity contribution in [3.05, 3.63) is 23.9 Å². The summed E-state index contributed by atoms with van der Waals surface area (Å²) in [6.45, 7) is 9.06. The summed E-state index contributed by atoms with van der Waals surface area (Å²) < 4.78 is 0. The van der Waals surface area contributed by atoms with Gasteiger partial charge in [-0.1, -0.05) is 25.2 Å². The van der Waals surface area contributed by atoms with Gasteiger partial charge in [0.2, 0.25) is 0 Å². The van der Waals surface area contributed by atoms with Crippen LogP contribution in [0.4, 0.5) is 0 Å². The molecule has 62 valence electrons. The van der Waals surface area contributed by atoms with Gasteiger partial charge in [-0.2, -0.15) is 0 Å². The smallest absolute Gasteiger partial charge is 0.0650 e. The van der Waals surface area contributed by atoms with Crippen LogP contribution < -0.4 is 11.1 Å². The minimum atomic E-state index is 0.186. The van der Waals surface area contributed by atoms with Gasteiger partial charge in [-0.3, -0.25) is 0 Å². The third kappa shape index (κ3) is 1.84. The Labute approximate surface area is 68.2 Å². The minimum Gasteiger partial charge on any atom is -0.401 e. The van der Waals surface area contributed by atoms with Crippen LogP contribution >= 0.6 is 0 Å². The van der Waals surface area contributed by atoms with Crippen molar-refractivity contribution in [2.24, 2.45) is 11.7 Å². The van der Waals surface area contributed by atoms with E-state index >= 15 is 0 Å². The molecule has 0 aromatic carbocycles. The predicted octanol–water partition coefficient (Wildman–Crippen LogP) is 1.01. The largest absolute Gasteiger partial charge is 0.401 e. The van der Waals surface area contributed by atoms with Gasteiger partial charge in [0, 0.05) is 12.2 Å². The van der Waals surface area contributed by atoms with E-state index in [0.717, 1.165) is 6.54 Å². The third-order valence-electron chi connectivity index (χ3n) is 2.25. The molecule has 0 aromatic rings. The van der Waals surface area contributed by atoms with Crippen LogP contribution in [0, 0.1) is 5.92 Å². The van der Waals surface area contributed by atoms with E-state index in [9.17, 15) is 0 Å². The van der Waals surface area contributed by atoms with Crippen LogP contribution in [0.1, 0.15) is 13.8 Å². The molecule has 0 amide bonds. The Kier molecular flexibility index (Phi) is 2.35. The molecular formula is C9H16N2. The topological polar surface area (TPSA) is 38.0 Å². The van der Waals surface area contributed by atoms with Crippen molar-refractivity contribution in [3.8, 4) is 0 Å². The monoisotopic (exact) mass is 152 g/mol. The average molecular weight is 152 g/mol. The van der Waals surface area contributed by atoms with Crippen molar-refractivity contribution in [2.45, 2.75) is 19.9 Å². The standard InChI is InChI=1S/C9H16N2/c1-6-4-9(8(3)10)11-5-7(6)2/h4,7,9,11H,3,5,10H2,1-2H3. The highest BCUT2D eigenvalue weighted by atomic mass is 14.9. The first kappa shape index (κ1) is 8.34. The molecule has 0 saturated carbocycles. The lowest BCUT2D eigenvalue weighted by atomic mass is 9.95. The summed E-state index contributed by atoms with van der Waals surface area (Å²) in [7, 11) is 0. The molecule has 0 radical (unpaired) electrons. The van der Waals surface area contributed by atoms with Crippen LogP contribution in [0.15, 0.2) is 23.9 Å². The fourth-order valence-electron chi connectivity index (χ4n) is 1.19. The molecule has 2 nitrogen and oxygen atoms in total. The highest BCUT2D eigenvalue weighted by molar-refractivity contribution is 5.20. The molecule has 2 heteroatoms. The van der Waals surface area contributed by atoms with Gasteiger partial charge < -0.3 is 11.1 Å². The van der Waals surface area contributed by atoms with Crippen LogP contribution in [0.5, 0.6) is 0 Å². The van der Waals surface area contributed by atoms with Crippen molar-refractivity contribution in [3.63, 3.8) is 0 Å². The highest BCUT2D eigenvalue weighted by Gasteiger charge is 2.16. The highest BCUT2D eigenvalue weighted by Crippen LogP contribution is 2.15. The Morgan fingerprint density at radius 1 is 1.82 bits per heavy atom. The Bertz CT molecular complexity index is 194. The summed E-state index contributed by atoms with van der Waals surface area (Å²) in [5, 5.41) is 3.30. The van der Waals surface area contributed by atoms with Gasteiger partial charge in [0.25, 0.3) is 0 Å². The molecule has 11 heavy (non-hydrogen) atoms. The van der Waals surface area contributed by atoms with E-state index in [1.54, 1.807) is 0 Å². The fourth-order valence-corrected chi connectivity index (χ4v) is 1.19. The van der Waals surface area contributed by atoms with Crippen molar-refractivity contribution < 1.29 is 0 Å². The van der Waals surface area contributed by atoms with Gasteiger partial charge in [-0.25, -0.2) is 0 Å². The molecule has 1 aliphatic rings. The summed E-state index contributed by atoms with van der Waals surface area (Å²) in [5.41, 5.74) is 7.68. The fraction of sp³-hybridized carbons (Fsp3) is 0.556. The molecule has 1 aliphatic heterocycles. The number of hydrogen-bond donors (Lipinski definition) is 2. The van der Waals surface area contributed by atoms with Crippen LogP contribution in [0.2, 0.25) is 0 Å². The maximum Gasteiger partial charge on any atom is 0.0650 e. The number of nitrogens with one attached hydrogen (secondary N) is 1. The number of rotatable bonds is 1. The minimum absolute atomic E-state index is 0.186. The van der Waals surface area contributed by atoms with E-state index in [4.69, 9.17) is 5.73 Å². The molecule has 0 aromatic heterocycles. The normalized spacial score (nSPS) is 31.3. The molecule has 3 N–H and O–H groups in total. The summed E-state index contributed by atoms with van der Waals surface area (Å²) >= 11 is 0. The van der Waals surface area contributed by atoms with Gasteiger partial charge in [0.05, 0.1) is 6.04 Å². The van der Waals surface area contributed by atoms with Gasteiger partial charge in [0.1, 0.15) is 0 Å². The summed E-state index contributed by atoms with van der Waals surface area (Å²) in [6, 6.07) is 0.186. The molecular weight excluding hydrogens is 136 g/mol. The van der Waals surface area contributed by atoms with Crippen molar-refractivity contribution in [1.29, 1.82) is 0 Å². The molecule has 0 spiro atoms. The molecule has 0 saturated heterocycles. The first-order valence-corrected chi connectivity index (χ1v) is 3.97. The number of nitrogens with two attached hydrogens (primary N) is 1. The molecule has 1 heterocycles. The van der Waals surface area contributed by atoms with Crippen LogP contribution in [-0.2, 0) is 0 Å². The lowest BCUT2D eigenvalue weighted by molar-refractivity contribution is 0.516. The van der Waals surface area contributed by atoms with Gasteiger partial charge in [0.15, 0.2) is 0 Å². The third-order valence-corrected chi connectivity index (χ3v) is 2.25. The molecule has 1 rings (SSSR count). The Balaban J connectivity index is 2.69. The quantitative estimate of drug-likeness (QED) is 0.550. The van der Waals surface area contributed by atoms with E-state index in [1.165, 1.54) is 5.57 Å². The summed E-state index contributed by atoms with van der Waals surface area (Å²) in [5.74, 6) is 0.630. The van der Waals surface area contributed by atoms with Gasteiger partial charge in [-0.15, -0.1) is 0 Å². The lowest BCUT2D eigenvalue weighted by Crippen LogP contribution is -2.39. The van der Waals surface area contributed by atoms with Crippen molar-refractivity contribution >= 4 is 0 Å². The second kappa shape index (κ2) is 3.09. The van der Waals surface area contributed by atoms with E-state index in [-0.39, 0.29) is 6.04 Å². The molecule has 0 fully saturated rings. The zero-order chi connectivity index (χ0) is 8.43. The molecule has 2 atom stereocenters.